The second-order valence-corrected chi connectivity index (χ2v) is 4.12. The molecule has 0 spiro atoms. The number of urea groups is 1. The number of hydrogen-bond donors (Lipinski definition) is 1. The van der Waals surface area contributed by atoms with Crippen molar-refractivity contribution < 1.29 is 14.5 Å². The molecule has 0 radical (unpaired) electrons. The standard InChI is InChI=1S/C12H12N4O4/c13-8-9-1-2-11(10(7-9)16(18)19)20-6-5-15-4-3-14-12(15)17/h1-2,7H,3-6H2,(H,14,17). The number of nitrogens with one attached hydrogen (secondary N) is 1. The zero-order valence-electron chi connectivity index (χ0n) is 10.5. The molecule has 0 aliphatic carbocycles. The average Bonchev–Trinajstić information content (AvgIpc) is 2.84. The van der Waals surface area contributed by atoms with Gasteiger partial charge in [-0.1, -0.05) is 0 Å². The Morgan fingerprint density at radius 2 is 2.35 bits per heavy atom. The maximum Gasteiger partial charge on any atom is 0.317 e. The quantitative estimate of drug-likeness (QED) is 0.634. The molecule has 2 amide bonds. The second kappa shape index (κ2) is 5.88. The fourth-order valence-corrected chi connectivity index (χ4v) is 1.84. The van der Waals surface area contributed by atoms with E-state index in [2.05, 4.69) is 5.32 Å². The highest BCUT2D eigenvalue weighted by Gasteiger charge is 2.20. The summed E-state index contributed by atoms with van der Waals surface area (Å²) in [6.07, 6.45) is 0. The van der Waals surface area contributed by atoms with Gasteiger partial charge in [0.2, 0.25) is 0 Å². The first-order chi connectivity index (χ1) is 9.61. The van der Waals surface area contributed by atoms with Crippen molar-refractivity contribution in [2.45, 2.75) is 0 Å². The number of nitriles is 1. The highest BCUT2D eigenvalue weighted by atomic mass is 16.6. The van der Waals surface area contributed by atoms with Crippen molar-refractivity contribution in [1.29, 1.82) is 5.26 Å². The van der Waals surface area contributed by atoms with Gasteiger partial charge in [-0.15, -0.1) is 0 Å². The lowest BCUT2D eigenvalue weighted by molar-refractivity contribution is -0.385. The molecule has 1 aliphatic rings. The van der Waals surface area contributed by atoms with Crippen LogP contribution in [-0.4, -0.2) is 42.1 Å². The predicted octanol–water partition coefficient (Wildman–Crippen LogP) is 0.870. The number of rotatable bonds is 5. The van der Waals surface area contributed by atoms with E-state index in [-0.39, 0.29) is 29.6 Å². The maximum atomic E-state index is 11.3. The molecule has 1 saturated heterocycles. The van der Waals surface area contributed by atoms with Gasteiger partial charge < -0.3 is 15.0 Å². The molecule has 0 bridgehead atoms. The van der Waals surface area contributed by atoms with Gasteiger partial charge in [0.05, 0.1) is 23.1 Å². The number of nitro benzene ring substituents is 1. The Morgan fingerprint density at radius 3 is 2.95 bits per heavy atom. The molecule has 8 nitrogen and oxygen atoms in total. The summed E-state index contributed by atoms with van der Waals surface area (Å²) in [5.41, 5.74) is -0.0575. The van der Waals surface area contributed by atoms with Crippen LogP contribution in [0.25, 0.3) is 0 Å². The molecular weight excluding hydrogens is 264 g/mol. The smallest absolute Gasteiger partial charge is 0.317 e. The number of amides is 2. The van der Waals surface area contributed by atoms with E-state index >= 15 is 0 Å². The monoisotopic (exact) mass is 276 g/mol. The van der Waals surface area contributed by atoms with E-state index in [4.69, 9.17) is 10.00 Å². The Labute approximate surface area is 114 Å². The molecule has 1 aliphatic heterocycles. The summed E-state index contributed by atoms with van der Waals surface area (Å²) in [4.78, 5) is 23.2. The van der Waals surface area contributed by atoms with E-state index in [1.807, 2.05) is 6.07 Å². The summed E-state index contributed by atoms with van der Waals surface area (Å²) in [7, 11) is 0. The summed E-state index contributed by atoms with van der Waals surface area (Å²) in [5, 5.41) is 22.3. The molecule has 1 fully saturated rings. The van der Waals surface area contributed by atoms with E-state index in [1.165, 1.54) is 12.1 Å². The number of ether oxygens (including phenoxy) is 1. The van der Waals surface area contributed by atoms with Gasteiger partial charge in [-0.05, 0) is 12.1 Å². The summed E-state index contributed by atoms with van der Waals surface area (Å²) < 4.78 is 5.34. The molecule has 2 rings (SSSR count). The molecule has 20 heavy (non-hydrogen) atoms. The van der Waals surface area contributed by atoms with Gasteiger partial charge >= 0.3 is 11.7 Å². The molecule has 0 saturated carbocycles. The van der Waals surface area contributed by atoms with E-state index in [9.17, 15) is 14.9 Å². The van der Waals surface area contributed by atoms with Gasteiger partial charge in [0.1, 0.15) is 6.61 Å². The molecule has 1 heterocycles. The zero-order valence-corrected chi connectivity index (χ0v) is 10.5. The molecule has 0 unspecified atom stereocenters. The predicted molar refractivity (Wildman–Crippen MR) is 68.3 cm³/mol. The highest BCUT2D eigenvalue weighted by Crippen LogP contribution is 2.27. The van der Waals surface area contributed by atoms with Gasteiger partial charge in [-0.3, -0.25) is 10.1 Å². The fourth-order valence-electron chi connectivity index (χ4n) is 1.84. The van der Waals surface area contributed by atoms with Gasteiger partial charge in [0.25, 0.3) is 0 Å². The Balaban J connectivity index is 2.00. The first-order valence-corrected chi connectivity index (χ1v) is 5.96. The van der Waals surface area contributed by atoms with Crippen LogP contribution in [0.4, 0.5) is 10.5 Å². The summed E-state index contributed by atoms with van der Waals surface area (Å²) >= 11 is 0. The molecule has 1 aromatic carbocycles. The SMILES string of the molecule is N#Cc1ccc(OCCN2CCNC2=O)c([N+](=O)[O-])c1. The molecular formula is C12H12N4O4. The molecule has 0 atom stereocenters. The summed E-state index contributed by atoms with van der Waals surface area (Å²) in [6.45, 7) is 1.69. The van der Waals surface area contributed by atoms with Gasteiger partial charge in [0.15, 0.2) is 5.75 Å². The minimum Gasteiger partial charge on any atom is -0.485 e. The minimum absolute atomic E-state index is 0.0913. The van der Waals surface area contributed by atoms with E-state index in [0.29, 0.717) is 19.6 Å². The Hall–Kier alpha value is -2.82. The normalized spacial score (nSPS) is 13.8. The first kappa shape index (κ1) is 13.6. The van der Waals surface area contributed by atoms with Crippen LogP contribution in [0.2, 0.25) is 0 Å². The lowest BCUT2D eigenvalue weighted by atomic mass is 10.2. The number of carbonyl (C=O) groups excluding carboxylic acids is 1. The summed E-state index contributed by atoms with van der Waals surface area (Å²) in [5.74, 6) is 0.0913. The van der Waals surface area contributed by atoms with E-state index < -0.39 is 4.92 Å². The van der Waals surface area contributed by atoms with Gasteiger partial charge in [-0.25, -0.2) is 4.79 Å². The third-order valence-electron chi connectivity index (χ3n) is 2.85. The number of nitrogens with zero attached hydrogens (tertiary/aromatic N) is 3. The maximum absolute atomic E-state index is 11.3. The van der Waals surface area contributed by atoms with Crippen LogP contribution in [0.1, 0.15) is 5.56 Å². The van der Waals surface area contributed by atoms with Crippen LogP contribution in [0.15, 0.2) is 18.2 Å². The lowest BCUT2D eigenvalue weighted by Gasteiger charge is -2.14. The van der Waals surface area contributed by atoms with Crippen LogP contribution < -0.4 is 10.1 Å². The largest absolute Gasteiger partial charge is 0.485 e. The van der Waals surface area contributed by atoms with Crippen molar-refractivity contribution in [2.24, 2.45) is 0 Å². The number of nitro groups is 1. The number of carbonyl (C=O) groups is 1. The van der Waals surface area contributed by atoms with Crippen molar-refractivity contribution in [3.05, 3.63) is 33.9 Å². The number of benzene rings is 1. The van der Waals surface area contributed by atoms with Crippen LogP contribution >= 0.6 is 0 Å². The van der Waals surface area contributed by atoms with Gasteiger partial charge in [0, 0.05) is 19.2 Å². The lowest BCUT2D eigenvalue weighted by Crippen LogP contribution is -2.31. The van der Waals surface area contributed by atoms with Crippen molar-refractivity contribution in [2.75, 3.05) is 26.2 Å². The van der Waals surface area contributed by atoms with E-state index in [1.54, 1.807) is 4.90 Å². The zero-order chi connectivity index (χ0) is 14.5. The molecule has 8 heteroatoms. The second-order valence-electron chi connectivity index (χ2n) is 4.12. The molecule has 0 aromatic heterocycles. The molecule has 1 aromatic rings. The topological polar surface area (TPSA) is 108 Å². The number of hydrogen-bond acceptors (Lipinski definition) is 5. The third-order valence-corrected chi connectivity index (χ3v) is 2.85. The average molecular weight is 276 g/mol. The van der Waals surface area contributed by atoms with Crippen LogP contribution in [0.3, 0.4) is 0 Å². The minimum atomic E-state index is -0.598. The van der Waals surface area contributed by atoms with E-state index in [0.717, 1.165) is 6.07 Å². The van der Waals surface area contributed by atoms with Crippen molar-refractivity contribution in [1.82, 2.24) is 10.2 Å². The van der Waals surface area contributed by atoms with Crippen LogP contribution in [-0.2, 0) is 0 Å². The Morgan fingerprint density at radius 1 is 1.55 bits per heavy atom. The molecule has 104 valence electrons. The van der Waals surface area contributed by atoms with Crippen molar-refractivity contribution in [3.63, 3.8) is 0 Å². The Kier molecular flexibility index (Phi) is 4.00. The first-order valence-electron chi connectivity index (χ1n) is 5.96. The van der Waals surface area contributed by atoms with Crippen molar-refractivity contribution >= 4 is 11.7 Å². The summed E-state index contributed by atoms with van der Waals surface area (Å²) in [6, 6.07) is 5.67. The van der Waals surface area contributed by atoms with Gasteiger partial charge in [-0.2, -0.15) is 5.26 Å². The highest BCUT2D eigenvalue weighted by molar-refractivity contribution is 5.76. The van der Waals surface area contributed by atoms with Crippen LogP contribution in [0.5, 0.6) is 5.75 Å². The van der Waals surface area contributed by atoms with Crippen molar-refractivity contribution in [3.8, 4) is 11.8 Å². The molecule has 1 N–H and O–H groups in total. The third kappa shape index (κ3) is 2.95. The Bertz CT molecular complexity index is 581. The van der Waals surface area contributed by atoms with Crippen LogP contribution in [0, 0.1) is 21.4 Å². The fraction of sp³-hybridized carbons (Fsp3) is 0.333.